The fraction of sp³-hybridized carbons (Fsp3) is 0.385. The lowest BCUT2D eigenvalue weighted by molar-refractivity contribution is -0.384. The van der Waals surface area contributed by atoms with Gasteiger partial charge < -0.3 is 10.1 Å². The van der Waals surface area contributed by atoms with Crippen molar-refractivity contribution in [3.05, 3.63) is 28.3 Å². The molecule has 0 aliphatic heterocycles. The molecule has 0 spiro atoms. The highest BCUT2D eigenvalue weighted by atomic mass is 16.6. The Labute approximate surface area is 106 Å². The van der Waals surface area contributed by atoms with E-state index in [0.717, 1.165) is 6.42 Å². The second-order valence-electron chi connectivity index (χ2n) is 3.68. The molecule has 1 rings (SSSR count). The van der Waals surface area contributed by atoms with Crippen LogP contribution in [0.2, 0.25) is 0 Å². The van der Waals surface area contributed by atoms with Gasteiger partial charge in [0.05, 0.1) is 23.6 Å². The highest BCUT2D eigenvalue weighted by Crippen LogP contribution is 2.26. The van der Waals surface area contributed by atoms with Crippen LogP contribution in [0.3, 0.4) is 0 Å². The zero-order valence-electron chi connectivity index (χ0n) is 10.5. The smallest absolute Gasteiger partial charge is 0.275 e. The molecule has 0 aliphatic carbocycles. The first-order valence-electron chi connectivity index (χ1n) is 5.75. The lowest BCUT2D eigenvalue weighted by atomic mass is 10.2. The van der Waals surface area contributed by atoms with Crippen molar-refractivity contribution in [2.45, 2.75) is 26.3 Å². The van der Waals surface area contributed by atoms with Crippen molar-refractivity contribution in [2.24, 2.45) is 0 Å². The van der Waals surface area contributed by atoms with Crippen LogP contribution < -0.4 is 10.1 Å². The second-order valence-corrected chi connectivity index (χ2v) is 3.68. The molecule has 0 saturated carbocycles. The monoisotopic (exact) mass is 248 g/mol. The second kappa shape index (κ2) is 6.50. The lowest BCUT2D eigenvalue weighted by Crippen LogP contribution is -2.15. The Morgan fingerprint density at radius 3 is 2.72 bits per heavy atom. The Morgan fingerprint density at radius 2 is 2.22 bits per heavy atom. The molecule has 0 aromatic heterocycles. The molecule has 0 fully saturated rings. The number of non-ortho nitro benzene ring substituents is 1. The number of anilines is 1. The van der Waals surface area contributed by atoms with Gasteiger partial charge in [-0.15, -0.1) is 6.42 Å². The van der Waals surface area contributed by atoms with Crippen molar-refractivity contribution in [1.29, 1.82) is 0 Å². The lowest BCUT2D eigenvalue weighted by Gasteiger charge is -2.13. The summed E-state index contributed by atoms with van der Waals surface area (Å²) in [4.78, 5) is 10.4. The number of terminal acetylenes is 1. The zero-order chi connectivity index (χ0) is 13.5. The third-order valence-electron chi connectivity index (χ3n) is 2.36. The van der Waals surface area contributed by atoms with Crippen LogP contribution in [0.25, 0.3) is 0 Å². The number of benzene rings is 1. The van der Waals surface area contributed by atoms with Crippen molar-refractivity contribution < 1.29 is 9.66 Å². The van der Waals surface area contributed by atoms with E-state index in [2.05, 4.69) is 11.2 Å². The molecule has 0 heterocycles. The number of rotatable bonds is 6. The standard InChI is InChI=1S/C13H16N2O3/c1-4-10(5-2)14-11-7-12(15(16)17)9-13(8-11)18-6-3/h1,7-10,14H,5-6H2,2-3H3. The molecule has 0 aliphatic rings. The van der Waals surface area contributed by atoms with E-state index in [1.54, 1.807) is 6.07 Å². The van der Waals surface area contributed by atoms with E-state index < -0.39 is 4.92 Å². The van der Waals surface area contributed by atoms with E-state index in [4.69, 9.17) is 11.2 Å². The molecule has 18 heavy (non-hydrogen) atoms. The maximum Gasteiger partial charge on any atom is 0.275 e. The van der Waals surface area contributed by atoms with Crippen molar-refractivity contribution in [2.75, 3.05) is 11.9 Å². The fourth-order valence-corrected chi connectivity index (χ4v) is 1.48. The third kappa shape index (κ3) is 3.67. The van der Waals surface area contributed by atoms with Crippen LogP contribution in [0.4, 0.5) is 11.4 Å². The number of nitrogens with zero attached hydrogens (tertiary/aromatic N) is 1. The minimum Gasteiger partial charge on any atom is -0.494 e. The summed E-state index contributed by atoms with van der Waals surface area (Å²) in [6, 6.07) is 4.39. The topological polar surface area (TPSA) is 64.4 Å². The molecule has 0 saturated heterocycles. The first-order valence-corrected chi connectivity index (χ1v) is 5.75. The Bertz CT molecular complexity index is 466. The van der Waals surface area contributed by atoms with Crippen LogP contribution in [0.1, 0.15) is 20.3 Å². The summed E-state index contributed by atoms with van der Waals surface area (Å²) in [5, 5.41) is 13.9. The van der Waals surface area contributed by atoms with Crippen LogP contribution in [0.15, 0.2) is 18.2 Å². The SMILES string of the molecule is C#CC(CC)Nc1cc(OCC)cc([N+](=O)[O-])c1. The summed E-state index contributed by atoms with van der Waals surface area (Å²) in [5.41, 5.74) is 0.577. The molecule has 5 nitrogen and oxygen atoms in total. The minimum absolute atomic E-state index is 0.0182. The van der Waals surface area contributed by atoms with Gasteiger partial charge in [-0.2, -0.15) is 0 Å². The summed E-state index contributed by atoms with van der Waals surface area (Å²) in [7, 11) is 0. The average Bonchev–Trinajstić information content (AvgIpc) is 2.36. The summed E-state index contributed by atoms with van der Waals surface area (Å²) in [5.74, 6) is 3.04. The Morgan fingerprint density at radius 1 is 1.50 bits per heavy atom. The van der Waals surface area contributed by atoms with Crippen molar-refractivity contribution in [1.82, 2.24) is 0 Å². The van der Waals surface area contributed by atoms with Gasteiger partial charge in [-0.05, 0) is 13.3 Å². The number of nitrogens with one attached hydrogen (secondary N) is 1. The van der Waals surface area contributed by atoms with Gasteiger partial charge in [-0.25, -0.2) is 0 Å². The van der Waals surface area contributed by atoms with Crippen molar-refractivity contribution in [3.8, 4) is 18.1 Å². The molecule has 96 valence electrons. The van der Waals surface area contributed by atoms with Crippen molar-refractivity contribution >= 4 is 11.4 Å². The first-order chi connectivity index (χ1) is 8.60. The fourth-order valence-electron chi connectivity index (χ4n) is 1.48. The Balaban J connectivity index is 3.03. The molecular weight excluding hydrogens is 232 g/mol. The van der Waals surface area contributed by atoms with E-state index in [-0.39, 0.29) is 11.7 Å². The van der Waals surface area contributed by atoms with Crippen LogP contribution in [-0.4, -0.2) is 17.6 Å². The van der Waals surface area contributed by atoms with Gasteiger partial charge in [0.25, 0.3) is 5.69 Å². The minimum atomic E-state index is -0.454. The molecule has 1 aromatic rings. The largest absolute Gasteiger partial charge is 0.494 e. The highest BCUT2D eigenvalue weighted by Gasteiger charge is 2.12. The van der Waals surface area contributed by atoms with Gasteiger partial charge in [0.2, 0.25) is 0 Å². The quantitative estimate of drug-likeness (QED) is 0.477. The maximum absolute atomic E-state index is 10.8. The number of ether oxygens (including phenoxy) is 1. The molecule has 0 amide bonds. The normalized spacial score (nSPS) is 11.4. The number of nitro benzene ring substituents is 1. The van der Waals surface area contributed by atoms with E-state index in [0.29, 0.717) is 18.0 Å². The molecule has 1 N–H and O–H groups in total. The Kier molecular flexibility index (Phi) is 5.00. The maximum atomic E-state index is 10.8. The number of hydrogen-bond acceptors (Lipinski definition) is 4. The highest BCUT2D eigenvalue weighted by molar-refractivity contribution is 5.57. The summed E-state index contributed by atoms with van der Waals surface area (Å²) in [6.45, 7) is 4.22. The van der Waals surface area contributed by atoms with Crippen LogP contribution in [0, 0.1) is 22.5 Å². The summed E-state index contributed by atoms with van der Waals surface area (Å²) < 4.78 is 5.29. The van der Waals surface area contributed by atoms with E-state index in [1.807, 2.05) is 13.8 Å². The van der Waals surface area contributed by atoms with Gasteiger partial charge in [0, 0.05) is 17.8 Å². The molecule has 5 heteroatoms. The van der Waals surface area contributed by atoms with E-state index in [9.17, 15) is 10.1 Å². The van der Waals surface area contributed by atoms with Gasteiger partial charge in [0.15, 0.2) is 0 Å². The van der Waals surface area contributed by atoms with Crippen LogP contribution in [0.5, 0.6) is 5.75 Å². The molecule has 0 radical (unpaired) electrons. The predicted molar refractivity (Wildman–Crippen MR) is 70.8 cm³/mol. The number of hydrogen-bond donors (Lipinski definition) is 1. The predicted octanol–water partition coefficient (Wildman–Crippen LogP) is 2.82. The third-order valence-corrected chi connectivity index (χ3v) is 2.36. The van der Waals surface area contributed by atoms with Gasteiger partial charge in [-0.1, -0.05) is 12.8 Å². The number of nitro groups is 1. The van der Waals surface area contributed by atoms with Crippen LogP contribution >= 0.6 is 0 Å². The zero-order valence-corrected chi connectivity index (χ0v) is 10.5. The molecular formula is C13H16N2O3. The molecule has 0 bridgehead atoms. The average molecular weight is 248 g/mol. The Hall–Kier alpha value is -2.22. The van der Waals surface area contributed by atoms with E-state index >= 15 is 0 Å². The van der Waals surface area contributed by atoms with Crippen molar-refractivity contribution in [3.63, 3.8) is 0 Å². The first kappa shape index (κ1) is 13.8. The van der Waals surface area contributed by atoms with Gasteiger partial charge in [-0.3, -0.25) is 10.1 Å². The van der Waals surface area contributed by atoms with Gasteiger partial charge in [0.1, 0.15) is 5.75 Å². The van der Waals surface area contributed by atoms with Crippen LogP contribution in [-0.2, 0) is 0 Å². The summed E-state index contributed by atoms with van der Waals surface area (Å²) >= 11 is 0. The van der Waals surface area contributed by atoms with Gasteiger partial charge >= 0.3 is 0 Å². The summed E-state index contributed by atoms with van der Waals surface area (Å²) in [6.07, 6.45) is 6.09. The molecule has 1 atom stereocenters. The molecule has 1 aromatic carbocycles. The molecule has 1 unspecified atom stereocenters. The van der Waals surface area contributed by atoms with E-state index in [1.165, 1.54) is 12.1 Å².